The Kier molecular flexibility index (Phi) is 3.74. The molecule has 2 N–H and O–H groups in total. The summed E-state index contributed by atoms with van der Waals surface area (Å²) < 4.78 is 9.47. The highest BCUT2D eigenvalue weighted by Crippen LogP contribution is 2.22. The van der Waals surface area contributed by atoms with Gasteiger partial charge in [-0.25, -0.2) is 4.79 Å². The van der Waals surface area contributed by atoms with Gasteiger partial charge in [-0.15, -0.1) is 0 Å². The summed E-state index contributed by atoms with van der Waals surface area (Å²) in [5.41, 5.74) is 7.05. The average molecular weight is 207 g/mol. The van der Waals surface area contributed by atoms with Crippen LogP contribution in [0, 0.1) is 0 Å². The Bertz CT molecular complexity index is 385. The number of carbonyl (C=O) groups excluding carboxylic acids is 1. The molecule has 4 heteroatoms. The van der Waals surface area contributed by atoms with Crippen molar-refractivity contribution < 1.29 is 14.3 Å². The van der Waals surface area contributed by atoms with Crippen LogP contribution in [0.1, 0.15) is 5.56 Å². The SMILES string of the molecule is COC(=O)C=Cc1ccc(OC)c(N)c1. The molecule has 0 saturated heterocycles. The van der Waals surface area contributed by atoms with E-state index in [0.29, 0.717) is 11.4 Å². The van der Waals surface area contributed by atoms with Crippen LogP contribution in [0.3, 0.4) is 0 Å². The molecule has 0 spiro atoms. The van der Waals surface area contributed by atoms with Gasteiger partial charge < -0.3 is 15.2 Å². The topological polar surface area (TPSA) is 61.5 Å². The first kappa shape index (κ1) is 11.1. The molecular formula is C11H13NO3. The smallest absolute Gasteiger partial charge is 0.330 e. The van der Waals surface area contributed by atoms with E-state index in [0.717, 1.165) is 5.56 Å². The Morgan fingerprint density at radius 2 is 2.13 bits per heavy atom. The van der Waals surface area contributed by atoms with E-state index in [2.05, 4.69) is 4.74 Å². The largest absolute Gasteiger partial charge is 0.495 e. The normalized spacial score (nSPS) is 10.3. The molecule has 15 heavy (non-hydrogen) atoms. The minimum absolute atomic E-state index is 0.399. The lowest BCUT2D eigenvalue weighted by Gasteiger charge is -2.04. The highest BCUT2D eigenvalue weighted by molar-refractivity contribution is 5.87. The van der Waals surface area contributed by atoms with Gasteiger partial charge in [-0.1, -0.05) is 6.07 Å². The molecule has 0 heterocycles. The highest BCUT2D eigenvalue weighted by Gasteiger charge is 1.98. The van der Waals surface area contributed by atoms with Gasteiger partial charge in [-0.05, 0) is 23.8 Å². The average Bonchev–Trinajstić information content (AvgIpc) is 2.26. The van der Waals surface area contributed by atoms with Gasteiger partial charge in [-0.2, -0.15) is 0 Å². The van der Waals surface area contributed by atoms with Gasteiger partial charge in [-0.3, -0.25) is 0 Å². The van der Waals surface area contributed by atoms with E-state index in [1.54, 1.807) is 31.4 Å². The summed E-state index contributed by atoms with van der Waals surface area (Å²) >= 11 is 0. The first-order chi connectivity index (χ1) is 7.17. The zero-order chi connectivity index (χ0) is 11.3. The van der Waals surface area contributed by atoms with Gasteiger partial charge in [0.2, 0.25) is 0 Å². The fourth-order valence-electron chi connectivity index (χ4n) is 1.09. The number of hydrogen-bond donors (Lipinski definition) is 1. The van der Waals surface area contributed by atoms with E-state index in [1.807, 2.05) is 0 Å². The number of hydrogen-bond acceptors (Lipinski definition) is 4. The molecule has 0 atom stereocenters. The van der Waals surface area contributed by atoms with Crippen LogP contribution >= 0.6 is 0 Å². The van der Waals surface area contributed by atoms with Crippen LogP contribution < -0.4 is 10.5 Å². The number of esters is 1. The van der Waals surface area contributed by atoms with Gasteiger partial charge in [0.25, 0.3) is 0 Å². The zero-order valence-electron chi connectivity index (χ0n) is 8.69. The number of methoxy groups -OCH3 is 2. The molecule has 0 aliphatic rings. The van der Waals surface area contributed by atoms with Gasteiger partial charge in [0.05, 0.1) is 19.9 Å². The first-order valence-electron chi connectivity index (χ1n) is 4.37. The van der Waals surface area contributed by atoms with Crippen molar-refractivity contribution in [1.29, 1.82) is 0 Å². The quantitative estimate of drug-likeness (QED) is 0.463. The molecule has 4 nitrogen and oxygen atoms in total. The summed E-state index contributed by atoms with van der Waals surface area (Å²) in [5.74, 6) is 0.217. The fraction of sp³-hybridized carbons (Fsp3) is 0.182. The number of nitrogens with two attached hydrogens (primary N) is 1. The van der Waals surface area contributed by atoms with Gasteiger partial charge >= 0.3 is 5.97 Å². The Morgan fingerprint density at radius 1 is 1.40 bits per heavy atom. The monoisotopic (exact) mass is 207 g/mol. The van der Waals surface area contributed by atoms with Crippen LogP contribution in [0.4, 0.5) is 5.69 Å². The van der Waals surface area contributed by atoms with E-state index in [4.69, 9.17) is 10.5 Å². The number of nitrogen functional groups attached to an aromatic ring is 1. The van der Waals surface area contributed by atoms with Crippen LogP contribution in [0.2, 0.25) is 0 Å². The zero-order valence-corrected chi connectivity index (χ0v) is 8.69. The summed E-state index contributed by atoms with van der Waals surface area (Å²) in [7, 11) is 2.88. The maximum atomic E-state index is 10.8. The third-order valence-electron chi connectivity index (χ3n) is 1.87. The number of anilines is 1. The van der Waals surface area contributed by atoms with Crippen molar-refractivity contribution >= 4 is 17.7 Å². The number of benzene rings is 1. The standard InChI is InChI=1S/C11H13NO3/c1-14-10-5-3-8(7-9(10)12)4-6-11(13)15-2/h3-7H,12H2,1-2H3. The maximum absolute atomic E-state index is 10.8. The summed E-state index contributed by atoms with van der Waals surface area (Å²) in [6.07, 6.45) is 2.96. The van der Waals surface area contributed by atoms with Gasteiger partial charge in [0.1, 0.15) is 5.75 Å². The molecule has 0 fully saturated rings. The predicted molar refractivity (Wildman–Crippen MR) is 58.5 cm³/mol. The van der Waals surface area contributed by atoms with Crippen LogP contribution in [-0.4, -0.2) is 20.2 Å². The van der Waals surface area contributed by atoms with E-state index < -0.39 is 5.97 Å². The van der Waals surface area contributed by atoms with Gasteiger partial charge in [0, 0.05) is 6.08 Å². The molecule has 1 aromatic rings. The van der Waals surface area contributed by atoms with E-state index in [1.165, 1.54) is 13.2 Å². The fourth-order valence-corrected chi connectivity index (χ4v) is 1.09. The summed E-state index contributed by atoms with van der Waals surface area (Å²) in [6.45, 7) is 0. The van der Waals surface area contributed by atoms with E-state index >= 15 is 0 Å². The molecule has 0 unspecified atom stereocenters. The number of carbonyl (C=O) groups is 1. The van der Waals surface area contributed by atoms with Crippen LogP contribution in [0.25, 0.3) is 6.08 Å². The second-order valence-corrected chi connectivity index (χ2v) is 2.86. The third-order valence-corrected chi connectivity index (χ3v) is 1.87. The molecule has 0 radical (unpaired) electrons. The Morgan fingerprint density at radius 3 is 2.67 bits per heavy atom. The van der Waals surface area contributed by atoms with Crippen molar-refractivity contribution in [2.75, 3.05) is 20.0 Å². The molecule has 1 rings (SSSR count). The maximum Gasteiger partial charge on any atom is 0.330 e. The summed E-state index contributed by atoms with van der Waals surface area (Å²) in [4.78, 5) is 10.8. The molecule has 0 aliphatic heterocycles. The number of ether oxygens (including phenoxy) is 2. The van der Waals surface area contributed by atoms with Crippen molar-refractivity contribution in [1.82, 2.24) is 0 Å². The Balaban J connectivity index is 2.84. The minimum Gasteiger partial charge on any atom is -0.495 e. The molecule has 0 aromatic heterocycles. The van der Waals surface area contributed by atoms with Crippen molar-refractivity contribution in [2.45, 2.75) is 0 Å². The summed E-state index contributed by atoms with van der Waals surface area (Å²) in [6, 6.07) is 5.26. The van der Waals surface area contributed by atoms with Crippen molar-refractivity contribution in [3.8, 4) is 5.75 Å². The van der Waals surface area contributed by atoms with Crippen LogP contribution in [-0.2, 0) is 9.53 Å². The number of rotatable bonds is 3. The molecule has 0 bridgehead atoms. The Labute approximate surface area is 88.3 Å². The lowest BCUT2D eigenvalue weighted by Crippen LogP contribution is -1.94. The molecular weight excluding hydrogens is 194 g/mol. The Hall–Kier alpha value is -1.97. The van der Waals surface area contributed by atoms with Crippen molar-refractivity contribution in [3.63, 3.8) is 0 Å². The van der Waals surface area contributed by atoms with Gasteiger partial charge in [0.15, 0.2) is 0 Å². The third kappa shape index (κ3) is 3.02. The van der Waals surface area contributed by atoms with E-state index in [9.17, 15) is 4.79 Å². The predicted octanol–water partition coefficient (Wildman–Crippen LogP) is 1.46. The molecule has 0 amide bonds. The summed E-state index contributed by atoms with van der Waals surface area (Å²) in [5, 5.41) is 0. The highest BCUT2D eigenvalue weighted by atomic mass is 16.5. The lowest BCUT2D eigenvalue weighted by atomic mass is 10.2. The first-order valence-corrected chi connectivity index (χ1v) is 4.37. The molecule has 0 aliphatic carbocycles. The van der Waals surface area contributed by atoms with Crippen molar-refractivity contribution in [3.05, 3.63) is 29.8 Å². The lowest BCUT2D eigenvalue weighted by molar-refractivity contribution is -0.134. The molecule has 1 aromatic carbocycles. The van der Waals surface area contributed by atoms with Crippen molar-refractivity contribution in [2.24, 2.45) is 0 Å². The molecule has 0 saturated carbocycles. The second kappa shape index (κ2) is 5.05. The van der Waals surface area contributed by atoms with Crippen LogP contribution in [0.5, 0.6) is 5.75 Å². The minimum atomic E-state index is -0.399. The van der Waals surface area contributed by atoms with E-state index in [-0.39, 0.29) is 0 Å². The second-order valence-electron chi connectivity index (χ2n) is 2.86. The van der Waals surface area contributed by atoms with Crippen LogP contribution in [0.15, 0.2) is 24.3 Å². The molecule has 80 valence electrons.